The average molecular weight is 295 g/mol. The van der Waals surface area contributed by atoms with Crippen LogP contribution in [0.5, 0.6) is 0 Å². The predicted molar refractivity (Wildman–Crippen MR) is 88.7 cm³/mol. The van der Waals surface area contributed by atoms with Gasteiger partial charge in [-0.05, 0) is 38.5 Å². The van der Waals surface area contributed by atoms with Crippen LogP contribution in [0.25, 0.3) is 0 Å². The fourth-order valence-corrected chi connectivity index (χ4v) is 3.65. The third kappa shape index (κ3) is 4.19. The Kier molecular flexibility index (Phi) is 5.44. The summed E-state index contributed by atoms with van der Waals surface area (Å²) in [4.78, 5) is 8.64. The molecule has 0 amide bonds. The lowest BCUT2D eigenvalue weighted by molar-refractivity contribution is 0.503. The van der Waals surface area contributed by atoms with E-state index in [1.165, 1.54) is 35.0 Å². The second-order valence-corrected chi connectivity index (χ2v) is 7.53. The standard InChI is InChI=1S/C16H29N3S/c1-6-14-15(10-17-13-7-8-13)20-16(18-14)19(5)12(4)9-11(2)3/h11-13,17H,6-10H2,1-5H3. The van der Waals surface area contributed by atoms with Gasteiger partial charge in [0.1, 0.15) is 0 Å². The van der Waals surface area contributed by atoms with Crippen LogP contribution >= 0.6 is 11.3 Å². The van der Waals surface area contributed by atoms with Crippen molar-refractivity contribution in [1.29, 1.82) is 0 Å². The van der Waals surface area contributed by atoms with Crippen molar-refractivity contribution >= 4 is 16.5 Å². The maximum atomic E-state index is 4.86. The average Bonchev–Trinajstić information content (AvgIpc) is 3.13. The first-order chi connectivity index (χ1) is 9.51. The highest BCUT2D eigenvalue weighted by Crippen LogP contribution is 2.29. The van der Waals surface area contributed by atoms with E-state index in [9.17, 15) is 0 Å². The summed E-state index contributed by atoms with van der Waals surface area (Å²) in [7, 11) is 2.18. The number of rotatable bonds is 8. The van der Waals surface area contributed by atoms with Crippen LogP contribution in [0.3, 0.4) is 0 Å². The van der Waals surface area contributed by atoms with Crippen molar-refractivity contribution in [2.45, 2.75) is 72.0 Å². The minimum Gasteiger partial charge on any atom is -0.348 e. The first-order valence-electron chi connectivity index (χ1n) is 7.96. The molecule has 1 aliphatic rings. The molecule has 1 unspecified atom stereocenters. The molecular formula is C16H29N3S. The number of aromatic nitrogens is 1. The molecule has 114 valence electrons. The van der Waals surface area contributed by atoms with E-state index in [0.717, 1.165) is 24.9 Å². The molecule has 0 bridgehead atoms. The molecular weight excluding hydrogens is 266 g/mol. The Morgan fingerprint density at radius 2 is 2.05 bits per heavy atom. The summed E-state index contributed by atoms with van der Waals surface area (Å²) in [6.45, 7) is 10.1. The van der Waals surface area contributed by atoms with Gasteiger partial charge in [-0.15, -0.1) is 11.3 Å². The first kappa shape index (κ1) is 15.8. The van der Waals surface area contributed by atoms with E-state index in [1.807, 2.05) is 11.3 Å². The lowest BCUT2D eigenvalue weighted by Gasteiger charge is -2.25. The molecule has 3 nitrogen and oxygen atoms in total. The van der Waals surface area contributed by atoms with Crippen LogP contribution in [0.15, 0.2) is 0 Å². The Morgan fingerprint density at radius 1 is 1.35 bits per heavy atom. The Balaban J connectivity index is 2.02. The molecule has 1 atom stereocenters. The van der Waals surface area contributed by atoms with Crippen molar-refractivity contribution in [2.75, 3.05) is 11.9 Å². The summed E-state index contributed by atoms with van der Waals surface area (Å²) in [5.74, 6) is 0.731. The highest BCUT2D eigenvalue weighted by Gasteiger charge is 2.22. The molecule has 1 fully saturated rings. The molecule has 4 heteroatoms. The van der Waals surface area contributed by atoms with Gasteiger partial charge >= 0.3 is 0 Å². The molecule has 2 rings (SSSR count). The third-order valence-electron chi connectivity index (χ3n) is 4.01. The van der Waals surface area contributed by atoms with Crippen LogP contribution in [0.2, 0.25) is 0 Å². The van der Waals surface area contributed by atoms with Gasteiger partial charge in [-0.25, -0.2) is 4.98 Å². The monoisotopic (exact) mass is 295 g/mol. The molecule has 20 heavy (non-hydrogen) atoms. The second kappa shape index (κ2) is 6.90. The van der Waals surface area contributed by atoms with Gasteiger partial charge in [-0.2, -0.15) is 0 Å². The normalized spacial score (nSPS) is 16.7. The van der Waals surface area contributed by atoms with Crippen LogP contribution < -0.4 is 10.2 Å². The van der Waals surface area contributed by atoms with Gasteiger partial charge in [0.25, 0.3) is 0 Å². The Labute approximate surface area is 127 Å². The Hall–Kier alpha value is -0.610. The minimum atomic E-state index is 0.551. The number of nitrogens with one attached hydrogen (secondary N) is 1. The van der Waals surface area contributed by atoms with Gasteiger partial charge in [0.15, 0.2) is 5.13 Å². The first-order valence-corrected chi connectivity index (χ1v) is 8.77. The van der Waals surface area contributed by atoms with E-state index in [-0.39, 0.29) is 0 Å². The van der Waals surface area contributed by atoms with E-state index in [2.05, 4.69) is 45.0 Å². The van der Waals surface area contributed by atoms with E-state index >= 15 is 0 Å². The number of anilines is 1. The topological polar surface area (TPSA) is 28.2 Å². The molecule has 1 heterocycles. The van der Waals surface area contributed by atoms with Gasteiger partial charge < -0.3 is 10.2 Å². The summed E-state index contributed by atoms with van der Waals surface area (Å²) in [6.07, 6.45) is 4.94. The number of hydrogen-bond acceptors (Lipinski definition) is 4. The molecule has 1 N–H and O–H groups in total. The molecule has 1 saturated carbocycles. The fraction of sp³-hybridized carbons (Fsp3) is 0.812. The number of aryl methyl sites for hydroxylation is 1. The van der Waals surface area contributed by atoms with Crippen molar-refractivity contribution < 1.29 is 0 Å². The SMILES string of the molecule is CCc1nc(N(C)C(C)CC(C)C)sc1CNC1CC1. The summed E-state index contributed by atoms with van der Waals surface area (Å²) < 4.78 is 0. The molecule has 1 aromatic heterocycles. The van der Waals surface area contributed by atoms with Gasteiger partial charge in [0, 0.05) is 30.6 Å². The van der Waals surface area contributed by atoms with Crippen LogP contribution in [0, 0.1) is 5.92 Å². The van der Waals surface area contributed by atoms with E-state index in [0.29, 0.717) is 6.04 Å². The van der Waals surface area contributed by atoms with Crippen molar-refractivity contribution in [3.8, 4) is 0 Å². The zero-order valence-electron chi connectivity index (χ0n) is 13.6. The minimum absolute atomic E-state index is 0.551. The van der Waals surface area contributed by atoms with Gasteiger partial charge in [0.05, 0.1) is 5.69 Å². The third-order valence-corrected chi connectivity index (χ3v) is 5.19. The molecule has 0 saturated heterocycles. The Morgan fingerprint density at radius 3 is 2.60 bits per heavy atom. The molecule has 0 spiro atoms. The number of nitrogens with zero attached hydrogens (tertiary/aromatic N) is 2. The molecule has 1 aromatic rings. The lowest BCUT2D eigenvalue weighted by atomic mass is 10.0. The lowest BCUT2D eigenvalue weighted by Crippen LogP contribution is -2.29. The highest BCUT2D eigenvalue weighted by atomic mass is 32.1. The number of thiazole rings is 1. The highest BCUT2D eigenvalue weighted by molar-refractivity contribution is 7.15. The van der Waals surface area contributed by atoms with E-state index in [1.54, 1.807) is 0 Å². The maximum Gasteiger partial charge on any atom is 0.185 e. The van der Waals surface area contributed by atoms with Crippen molar-refractivity contribution in [1.82, 2.24) is 10.3 Å². The van der Waals surface area contributed by atoms with Crippen LogP contribution in [0.1, 0.15) is 57.5 Å². The van der Waals surface area contributed by atoms with E-state index in [4.69, 9.17) is 4.98 Å². The zero-order chi connectivity index (χ0) is 14.7. The fourth-order valence-electron chi connectivity index (χ4n) is 2.49. The molecule has 0 aliphatic heterocycles. The molecule has 1 aliphatic carbocycles. The Bertz CT molecular complexity index is 423. The molecule has 0 aromatic carbocycles. The van der Waals surface area contributed by atoms with E-state index < -0.39 is 0 Å². The van der Waals surface area contributed by atoms with Gasteiger partial charge in [-0.3, -0.25) is 0 Å². The van der Waals surface area contributed by atoms with Crippen molar-refractivity contribution in [3.05, 3.63) is 10.6 Å². The maximum absolute atomic E-state index is 4.86. The van der Waals surface area contributed by atoms with Crippen LogP contribution in [-0.4, -0.2) is 24.1 Å². The largest absolute Gasteiger partial charge is 0.348 e. The van der Waals surface area contributed by atoms with Crippen LogP contribution in [0.4, 0.5) is 5.13 Å². The quantitative estimate of drug-likeness (QED) is 0.790. The summed E-state index contributed by atoms with van der Waals surface area (Å²) >= 11 is 1.87. The molecule has 0 radical (unpaired) electrons. The summed E-state index contributed by atoms with van der Waals surface area (Å²) in [5, 5.41) is 4.80. The van der Waals surface area contributed by atoms with Crippen molar-refractivity contribution in [3.63, 3.8) is 0 Å². The summed E-state index contributed by atoms with van der Waals surface area (Å²) in [6, 6.07) is 1.32. The second-order valence-electron chi connectivity index (χ2n) is 6.46. The van der Waals surface area contributed by atoms with Crippen LogP contribution in [-0.2, 0) is 13.0 Å². The smallest absolute Gasteiger partial charge is 0.185 e. The van der Waals surface area contributed by atoms with Crippen molar-refractivity contribution in [2.24, 2.45) is 5.92 Å². The van der Waals surface area contributed by atoms with Gasteiger partial charge in [0.2, 0.25) is 0 Å². The summed E-state index contributed by atoms with van der Waals surface area (Å²) in [5.41, 5.74) is 1.28. The zero-order valence-corrected chi connectivity index (χ0v) is 14.4. The number of hydrogen-bond donors (Lipinski definition) is 1. The van der Waals surface area contributed by atoms with Gasteiger partial charge in [-0.1, -0.05) is 20.8 Å². The predicted octanol–water partition coefficient (Wildman–Crippen LogP) is 3.83.